The molecular weight excluding hydrogens is 404 g/mol. The van der Waals surface area contributed by atoms with E-state index in [0.29, 0.717) is 30.1 Å². The standard InChI is InChI=1S/C25H22N4O3/c1-2-32-18-7-5-6-17(14-18)24-21-22(19-8-3-4-9-20(19)30)27-28-23(21)25(31)29(24)15-16-10-12-26-13-11-16/h3-14,24,30H,2,15H2,1H3,(H,27,28)/t24-/m1/s1. The second-order valence-corrected chi connectivity index (χ2v) is 7.57. The molecule has 0 saturated carbocycles. The Bertz CT molecular complexity index is 1270. The maximum Gasteiger partial charge on any atom is 0.273 e. The second kappa shape index (κ2) is 8.19. The molecule has 0 aliphatic carbocycles. The number of carbonyl (C=O) groups is 1. The van der Waals surface area contributed by atoms with Crippen LogP contribution in [0.4, 0.5) is 0 Å². The number of ether oxygens (including phenoxy) is 1. The van der Waals surface area contributed by atoms with Gasteiger partial charge < -0.3 is 14.7 Å². The van der Waals surface area contributed by atoms with Crippen molar-refractivity contribution in [3.05, 3.63) is 95.4 Å². The Balaban J connectivity index is 1.66. The molecule has 1 atom stereocenters. The number of hydrogen-bond donors (Lipinski definition) is 2. The van der Waals surface area contributed by atoms with Gasteiger partial charge >= 0.3 is 0 Å². The minimum atomic E-state index is -0.389. The van der Waals surface area contributed by atoms with Crippen molar-refractivity contribution in [1.29, 1.82) is 0 Å². The Morgan fingerprint density at radius 1 is 1.09 bits per heavy atom. The smallest absolute Gasteiger partial charge is 0.273 e. The molecule has 0 saturated heterocycles. The first-order chi connectivity index (χ1) is 15.7. The fourth-order valence-corrected chi connectivity index (χ4v) is 4.21. The summed E-state index contributed by atoms with van der Waals surface area (Å²) in [7, 11) is 0. The third-order valence-corrected chi connectivity index (χ3v) is 5.61. The summed E-state index contributed by atoms with van der Waals surface area (Å²) in [6.07, 6.45) is 3.43. The highest BCUT2D eigenvalue weighted by Crippen LogP contribution is 2.45. The van der Waals surface area contributed by atoms with Crippen molar-refractivity contribution in [2.75, 3.05) is 6.61 Å². The highest BCUT2D eigenvalue weighted by molar-refractivity contribution is 6.00. The van der Waals surface area contributed by atoms with Gasteiger partial charge in [0.25, 0.3) is 5.91 Å². The summed E-state index contributed by atoms with van der Waals surface area (Å²) in [6, 6.07) is 18.2. The zero-order valence-corrected chi connectivity index (χ0v) is 17.5. The highest BCUT2D eigenvalue weighted by atomic mass is 16.5. The Morgan fingerprint density at radius 3 is 2.69 bits per heavy atom. The number of phenolic OH excluding ortho intramolecular Hbond substituents is 1. The zero-order chi connectivity index (χ0) is 22.1. The summed E-state index contributed by atoms with van der Waals surface area (Å²) in [5.74, 6) is 0.712. The van der Waals surface area contributed by atoms with Crippen molar-refractivity contribution >= 4 is 5.91 Å². The van der Waals surface area contributed by atoms with Crippen molar-refractivity contribution in [3.8, 4) is 22.8 Å². The quantitative estimate of drug-likeness (QED) is 0.479. The number of nitrogens with one attached hydrogen (secondary N) is 1. The maximum atomic E-state index is 13.5. The first-order valence-electron chi connectivity index (χ1n) is 10.5. The maximum absolute atomic E-state index is 13.5. The zero-order valence-electron chi connectivity index (χ0n) is 17.5. The fourth-order valence-electron chi connectivity index (χ4n) is 4.21. The molecule has 0 unspecified atom stereocenters. The van der Waals surface area contributed by atoms with Gasteiger partial charge in [-0.15, -0.1) is 0 Å². The molecule has 0 radical (unpaired) electrons. The van der Waals surface area contributed by atoms with Crippen molar-refractivity contribution in [3.63, 3.8) is 0 Å². The molecule has 0 fully saturated rings. The number of rotatable bonds is 6. The Labute approximate surface area is 185 Å². The number of amides is 1. The molecule has 7 nitrogen and oxygen atoms in total. The Kier molecular flexibility index (Phi) is 5.07. The number of fused-ring (bicyclic) bond motifs is 1. The number of hydrogen-bond acceptors (Lipinski definition) is 5. The molecule has 0 spiro atoms. The van der Waals surface area contributed by atoms with Crippen LogP contribution in [0.2, 0.25) is 0 Å². The van der Waals surface area contributed by atoms with Crippen LogP contribution in [0.15, 0.2) is 73.1 Å². The van der Waals surface area contributed by atoms with Crippen molar-refractivity contribution in [1.82, 2.24) is 20.1 Å². The van der Waals surface area contributed by atoms with Crippen LogP contribution in [0, 0.1) is 0 Å². The van der Waals surface area contributed by atoms with E-state index in [1.54, 1.807) is 30.6 Å². The SMILES string of the molecule is CCOc1cccc([C@@H]2c3c(-c4ccccc4O)n[nH]c3C(=O)N2Cc2ccncc2)c1. The molecule has 4 aromatic rings. The monoisotopic (exact) mass is 426 g/mol. The van der Waals surface area contributed by atoms with Gasteiger partial charge in [-0.2, -0.15) is 5.10 Å². The van der Waals surface area contributed by atoms with E-state index in [9.17, 15) is 9.90 Å². The lowest BCUT2D eigenvalue weighted by atomic mass is 9.95. The average molecular weight is 426 g/mol. The number of aromatic amines is 1. The normalized spacial score (nSPS) is 15.1. The molecule has 5 rings (SSSR count). The minimum Gasteiger partial charge on any atom is -0.507 e. The fraction of sp³-hybridized carbons (Fsp3) is 0.160. The van der Waals surface area contributed by atoms with E-state index in [1.165, 1.54) is 0 Å². The van der Waals surface area contributed by atoms with E-state index in [1.807, 2.05) is 54.3 Å². The summed E-state index contributed by atoms with van der Waals surface area (Å²) < 4.78 is 5.71. The van der Waals surface area contributed by atoms with Crippen LogP contribution in [0.5, 0.6) is 11.5 Å². The summed E-state index contributed by atoms with van der Waals surface area (Å²) in [6.45, 7) is 2.90. The molecule has 32 heavy (non-hydrogen) atoms. The molecule has 2 aromatic heterocycles. The predicted molar refractivity (Wildman–Crippen MR) is 119 cm³/mol. The van der Waals surface area contributed by atoms with E-state index >= 15 is 0 Å². The number of benzene rings is 2. The lowest BCUT2D eigenvalue weighted by Gasteiger charge is -2.27. The summed E-state index contributed by atoms with van der Waals surface area (Å²) >= 11 is 0. The van der Waals surface area contributed by atoms with Crippen LogP contribution < -0.4 is 4.74 Å². The molecule has 160 valence electrons. The van der Waals surface area contributed by atoms with E-state index in [-0.39, 0.29) is 17.7 Å². The molecule has 2 N–H and O–H groups in total. The predicted octanol–water partition coefficient (Wildman–Crippen LogP) is 4.32. The van der Waals surface area contributed by atoms with Crippen molar-refractivity contribution in [2.45, 2.75) is 19.5 Å². The summed E-state index contributed by atoms with van der Waals surface area (Å²) in [5, 5.41) is 17.8. The topological polar surface area (TPSA) is 91.3 Å². The first-order valence-corrected chi connectivity index (χ1v) is 10.5. The van der Waals surface area contributed by atoms with Gasteiger partial charge in [-0.3, -0.25) is 14.9 Å². The Morgan fingerprint density at radius 2 is 1.91 bits per heavy atom. The lowest BCUT2D eigenvalue weighted by Crippen LogP contribution is -2.29. The van der Waals surface area contributed by atoms with Gasteiger partial charge in [-0.1, -0.05) is 24.3 Å². The van der Waals surface area contributed by atoms with E-state index in [2.05, 4.69) is 15.2 Å². The Hall–Kier alpha value is -4.13. The van der Waals surface area contributed by atoms with Crippen LogP contribution in [-0.4, -0.2) is 37.7 Å². The summed E-state index contributed by atoms with van der Waals surface area (Å²) in [4.78, 5) is 19.4. The van der Waals surface area contributed by atoms with Crippen LogP contribution in [0.3, 0.4) is 0 Å². The van der Waals surface area contributed by atoms with Gasteiger partial charge in [0.2, 0.25) is 0 Å². The molecule has 1 amide bonds. The molecule has 7 heteroatoms. The number of carbonyl (C=O) groups excluding carboxylic acids is 1. The van der Waals surface area contributed by atoms with Gasteiger partial charge in [0, 0.05) is 30.1 Å². The number of aromatic nitrogens is 3. The third kappa shape index (κ3) is 3.37. The van der Waals surface area contributed by atoms with Crippen LogP contribution in [0.1, 0.15) is 40.1 Å². The van der Waals surface area contributed by atoms with Gasteiger partial charge in [-0.25, -0.2) is 0 Å². The number of phenols is 1. The van der Waals surface area contributed by atoms with E-state index in [0.717, 1.165) is 22.4 Å². The van der Waals surface area contributed by atoms with Gasteiger partial charge in [0.05, 0.1) is 12.6 Å². The highest BCUT2D eigenvalue weighted by Gasteiger charge is 2.42. The van der Waals surface area contributed by atoms with E-state index in [4.69, 9.17) is 4.74 Å². The number of H-pyrrole nitrogens is 1. The molecule has 2 aromatic carbocycles. The molecule has 0 bridgehead atoms. The summed E-state index contributed by atoms with van der Waals surface area (Å²) in [5.41, 5.74) is 4.21. The van der Waals surface area contributed by atoms with Crippen molar-refractivity contribution in [2.24, 2.45) is 0 Å². The number of para-hydroxylation sites is 1. The van der Waals surface area contributed by atoms with Gasteiger partial charge in [-0.05, 0) is 54.4 Å². The van der Waals surface area contributed by atoms with Crippen LogP contribution in [-0.2, 0) is 6.54 Å². The lowest BCUT2D eigenvalue weighted by molar-refractivity contribution is 0.0729. The van der Waals surface area contributed by atoms with Crippen LogP contribution in [0.25, 0.3) is 11.3 Å². The largest absolute Gasteiger partial charge is 0.507 e. The molecule has 3 heterocycles. The number of nitrogens with zero attached hydrogens (tertiary/aromatic N) is 3. The van der Waals surface area contributed by atoms with Crippen LogP contribution >= 0.6 is 0 Å². The van der Waals surface area contributed by atoms with Gasteiger partial charge in [0.15, 0.2) is 0 Å². The molecular formula is C25H22N4O3. The van der Waals surface area contributed by atoms with E-state index < -0.39 is 0 Å². The average Bonchev–Trinajstić information content (AvgIpc) is 3.35. The van der Waals surface area contributed by atoms with Gasteiger partial charge in [0.1, 0.15) is 22.9 Å². The number of aromatic hydroxyl groups is 1. The van der Waals surface area contributed by atoms with Crippen molar-refractivity contribution < 1.29 is 14.6 Å². The molecule has 1 aliphatic rings. The molecule has 1 aliphatic heterocycles. The third-order valence-electron chi connectivity index (χ3n) is 5.61. The second-order valence-electron chi connectivity index (χ2n) is 7.57. The first kappa shape index (κ1) is 19.8. The number of pyridine rings is 1. The minimum absolute atomic E-state index is 0.114.